The molecule has 1 saturated heterocycles. The lowest BCUT2D eigenvalue weighted by Crippen LogP contribution is -2.50. The number of aromatic nitrogens is 2. The van der Waals surface area contributed by atoms with Crippen molar-refractivity contribution in [3.63, 3.8) is 0 Å². The fraction of sp³-hybridized carbons (Fsp3) is 0.280. The van der Waals surface area contributed by atoms with Crippen molar-refractivity contribution in [3.8, 4) is 17.2 Å². The molecule has 0 aliphatic carbocycles. The first-order chi connectivity index (χ1) is 16.1. The Balaban J connectivity index is 1.33. The van der Waals surface area contributed by atoms with Gasteiger partial charge in [0.1, 0.15) is 17.3 Å². The molecule has 0 amide bonds. The fourth-order valence-electron chi connectivity index (χ4n) is 4.82. The third kappa shape index (κ3) is 3.08. The number of amidine groups is 1. The Morgan fingerprint density at radius 2 is 2.12 bits per heavy atom. The Morgan fingerprint density at radius 3 is 2.94 bits per heavy atom. The molecular weight excluding hydrogens is 423 g/mol. The minimum Gasteiger partial charge on any atom is -0.495 e. The number of fused-ring (bicyclic) bond motifs is 4. The van der Waals surface area contributed by atoms with E-state index in [1.165, 1.54) is 12.1 Å². The first-order valence-corrected chi connectivity index (χ1v) is 10.9. The lowest BCUT2D eigenvalue weighted by atomic mass is 9.95. The third-order valence-electron chi connectivity index (χ3n) is 6.41. The number of oxime groups is 1. The van der Waals surface area contributed by atoms with Gasteiger partial charge in [-0.05, 0) is 61.2 Å². The molecule has 0 radical (unpaired) electrons. The quantitative estimate of drug-likeness (QED) is 0.597. The Morgan fingerprint density at radius 1 is 1.21 bits per heavy atom. The molecule has 1 unspecified atom stereocenters. The van der Waals surface area contributed by atoms with Gasteiger partial charge in [-0.2, -0.15) is 0 Å². The highest BCUT2D eigenvalue weighted by Gasteiger charge is 2.55. The fourth-order valence-corrected chi connectivity index (χ4v) is 4.82. The van der Waals surface area contributed by atoms with Crippen LogP contribution < -0.4 is 9.47 Å². The zero-order valence-electron chi connectivity index (χ0n) is 18.4. The number of nitrogens with zero attached hydrogens (tertiary/aromatic N) is 4. The normalized spacial score (nSPS) is 22.1. The molecule has 6 rings (SSSR count). The molecule has 168 valence electrons. The van der Waals surface area contributed by atoms with E-state index in [4.69, 9.17) is 14.3 Å². The van der Waals surface area contributed by atoms with E-state index in [2.05, 4.69) is 27.2 Å². The molecule has 33 heavy (non-hydrogen) atoms. The molecule has 0 bridgehead atoms. The summed E-state index contributed by atoms with van der Waals surface area (Å²) in [4.78, 5) is 12.4. The summed E-state index contributed by atoms with van der Waals surface area (Å²) in [5.74, 6) is 1.75. The second kappa shape index (κ2) is 7.37. The minimum atomic E-state index is -0.835. The molecule has 8 heteroatoms. The van der Waals surface area contributed by atoms with Crippen molar-refractivity contribution in [2.45, 2.75) is 25.5 Å². The molecule has 1 spiro atoms. The summed E-state index contributed by atoms with van der Waals surface area (Å²) in [6.07, 6.45) is 7.71. The molecule has 0 N–H and O–H groups in total. The molecule has 7 nitrogen and oxygen atoms in total. The van der Waals surface area contributed by atoms with Gasteiger partial charge in [0.05, 0.1) is 30.4 Å². The third-order valence-corrected chi connectivity index (χ3v) is 6.41. The summed E-state index contributed by atoms with van der Waals surface area (Å²) in [5, 5.41) is 4.46. The van der Waals surface area contributed by atoms with Crippen LogP contribution in [-0.2, 0) is 10.6 Å². The first-order valence-electron chi connectivity index (χ1n) is 10.9. The van der Waals surface area contributed by atoms with Crippen molar-refractivity contribution in [1.29, 1.82) is 0 Å². The van der Waals surface area contributed by atoms with Crippen LogP contribution >= 0.6 is 0 Å². The van der Waals surface area contributed by atoms with Gasteiger partial charge in [0.2, 0.25) is 0 Å². The molecule has 1 fully saturated rings. The number of benzene rings is 2. The smallest absolute Gasteiger partial charge is 0.274 e. The Labute approximate surface area is 190 Å². The number of ether oxygens (including phenoxy) is 2. The summed E-state index contributed by atoms with van der Waals surface area (Å²) in [6, 6.07) is 10.7. The average Bonchev–Trinajstić information content (AvgIpc) is 3.52. The lowest BCUT2D eigenvalue weighted by Gasteiger charge is -2.36. The first kappa shape index (κ1) is 19.8. The highest BCUT2D eigenvalue weighted by atomic mass is 19.1. The van der Waals surface area contributed by atoms with Crippen LogP contribution in [-0.4, -0.2) is 40.5 Å². The van der Waals surface area contributed by atoms with Crippen LogP contribution in [0.25, 0.3) is 11.8 Å². The predicted octanol–water partition coefficient (Wildman–Crippen LogP) is 4.40. The molecule has 1 atom stereocenters. The molecule has 3 aromatic rings. The number of methoxy groups -OCH3 is 1. The van der Waals surface area contributed by atoms with Gasteiger partial charge < -0.3 is 23.8 Å². The average molecular weight is 446 g/mol. The zero-order chi connectivity index (χ0) is 22.6. The van der Waals surface area contributed by atoms with Crippen molar-refractivity contribution in [2.75, 3.05) is 20.3 Å². The summed E-state index contributed by atoms with van der Waals surface area (Å²) in [5.41, 5.74) is 3.95. The van der Waals surface area contributed by atoms with E-state index >= 15 is 0 Å². The van der Waals surface area contributed by atoms with Crippen LogP contribution in [0.3, 0.4) is 0 Å². The standard InChI is InChI=1S/C25H23FN4O3/c1-16-13-29(15-27-16)21-8-5-17(11-23(21)31-2)10-18-4-3-9-30-24(18)28-33-25(30)14-32-22-12-19(26)6-7-20(22)25/h5-8,10-13,15H,3-4,9,14H2,1-2H3/b18-10-. The number of hydrogen-bond donors (Lipinski definition) is 0. The molecule has 4 heterocycles. The number of aryl methyl sites for hydroxylation is 1. The zero-order valence-corrected chi connectivity index (χ0v) is 18.4. The maximum absolute atomic E-state index is 13.7. The van der Waals surface area contributed by atoms with Crippen molar-refractivity contribution in [3.05, 3.63) is 77.1 Å². The lowest BCUT2D eigenvalue weighted by molar-refractivity contribution is -0.114. The van der Waals surface area contributed by atoms with Crippen LogP contribution in [0, 0.1) is 12.7 Å². The van der Waals surface area contributed by atoms with E-state index in [9.17, 15) is 4.39 Å². The van der Waals surface area contributed by atoms with E-state index in [0.717, 1.165) is 59.1 Å². The van der Waals surface area contributed by atoms with Crippen LogP contribution in [0.4, 0.5) is 4.39 Å². The van der Waals surface area contributed by atoms with Crippen LogP contribution in [0.5, 0.6) is 11.5 Å². The van der Waals surface area contributed by atoms with Gasteiger partial charge in [0, 0.05) is 18.8 Å². The SMILES string of the molecule is COc1cc(/C=C2/CCCN3C2=NOC32COc3cc(F)ccc32)ccc1-n1cnc(C)c1. The van der Waals surface area contributed by atoms with Gasteiger partial charge >= 0.3 is 0 Å². The van der Waals surface area contributed by atoms with Crippen LogP contribution in [0.2, 0.25) is 0 Å². The van der Waals surface area contributed by atoms with Gasteiger partial charge in [0.25, 0.3) is 5.72 Å². The number of piperidine rings is 1. The molecular formula is C25H23FN4O3. The van der Waals surface area contributed by atoms with Crippen molar-refractivity contribution in [1.82, 2.24) is 14.5 Å². The molecule has 1 aromatic heterocycles. The number of rotatable bonds is 3. The second-order valence-corrected chi connectivity index (χ2v) is 8.50. The summed E-state index contributed by atoms with van der Waals surface area (Å²) in [6.45, 7) is 3.02. The van der Waals surface area contributed by atoms with E-state index in [1.54, 1.807) is 19.5 Å². The van der Waals surface area contributed by atoms with Gasteiger partial charge in [-0.3, -0.25) is 0 Å². The highest BCUT2D eigenvalue weighted by molar-refractivity contribution is 6.03. The van der Waals surface area contributed by atoms with Gasteiger partial charge in [-0.15, -0.1) is 0 Å². The van der Waals surface area contributed by atoms with E-state index in [1.807, 2.05) is 29.8 Å². The van der Waals surface area contributed by atoms with Gasteiger partial charge in [-0.1, -0.05) is 11.2 Å². The molecule has 2 aromatic carbocycles. The number of imidazole rings is 1. The maximum Gasteiger partial charge on any atom is 0.274 e. The van der Waals surface area contributed by atoms with Gasteiger partial charge in [0.15, 0.2) is 12.4 Å². The van der Waals surface area contributed by atoms with Crippen LogP contribution in [0.15, 0.2) is 59.7 Å². The monoisotopic (exact) mass is 446 g/mol. The predicted molar refractivity (Wildman–Crippen MR) is 121 cm³/mol. The van der Waals surface area contributed by atoms with E-state index < -0.39 is 5.72 Å². The topological polar surface area (TPSA) is 61.1 Å². The van der Waals surface area contributed by atoms with Crippen molar-refractivity contribution in [2.24, 2.45) is 5.16 Å². The largest absolute Gasteiger partial charge is 0.495 e. The number of hydrogen-bond acceptors (Lipinski definition) is 6. The van der Waals surface area contributed by atoms with E-state index in [0.29, 0.717) is 5.75 Å². The maximum atomic E-state index is 13.7. The van der Waals surface area contributed by atoms with Gasteiger partial charge in [-0.25, -0.2) is 9.37 Å². The van der Waals surface area contributed by atoms with E-state index in [-0.39, 0.29) is 12.4 Å². The summed E-state index contributed by atoms with van der Waals surface area (Å²) >= 11 is 0. The van der Waals surface area contributed by atoms with Crippen molar-refractivity contribution >= 4 is 11.9 Å². The Bertz CT molecular complexity index is 1310. The number of halogens is 1. The second-order valence-electron chi connectivity index (χ2n) is 8.50. The highest BCUT2D eigenvalue weighted by Crippen LogP contribution is 2.47. The van der Waals surface area contributed by atoms with Crippen LogP contribution in [0.1, 0.15) is 29.7 Å². The Hall–Kier alpha value is -3.81. The van der Waals surface area contributed by atoms with Crippen molar-refractivity contribution < 1.29 is 18.7 Å². The molecule has 0 saturated carbocycles. The summed E-state index contributed by atoms with van der Waals surface area (Å²) in [7, 11) is 1.67. The molecule has 3 aliphatic heterocycles. The Kier molecular flexibility index (Phi) is 4.43. The summed E-state index contributed by atoms with van der Waals surface area (Å²) < 4.78 is 27.1. The molecule has 3 aliphatic rings. The minimum absolute atomic E-state index is 0.277.